The van der Waals surface area contributed by atoms with Gasteiger partial charge in [-0.05, 0) is 30.0 Å². The smallest absolute Gasteiger partial charge is 0.260 e. The van der Waals surface area contributed by atoms with Gasteiger partial charge in [0.25, 0.3) is 5.91 Å². The topological polar surface area (TPSA) is 124 Å². The maximum absolute atomic E-state index is 13.2. The number of ketones is 1. The molecular weight excluding hydrogens is 450 g/mol. The molecule has 2 aliphatic heterocycles. The molecule has 1 unspecified atom stereocenters. The molecule has 1 atom stereocenters. The number of allylic oxidation sites excluding steroid dienone is 3. The van der Waals surface area contributed by atoms with Gasteiger partial charge in [0.2, 0.25) is 5.88 Å². The highest BCUT2D eigenvalue weighted by atomic mass is 16.5. The number of hydrogen-bond donors (Lipinski definition) is 1. The van der Waals surface area contributed by atoms with Crippen molar-refractivity contribution in [3.8, 4) is 17.6 Å². The second-order valence-electron chi connectivity index (χ2n) is 9.62. The summed E-state index contributed by atoms with van der Waals surface area (Å²) in [6, 6.07) is 7.35. The molecule has 9 nitrogen and oxygen atoms in total. The summed E-state index contributed by atoms with van der Waals surface area (Å²) >= 11 is 0. The number of nitrogens with two attached hydrogens (primary N) is 1. The highest BCUT2D eigenvalue weighted by Gasteiger charge is 2.43. The van der Waals surface area contributed by atoms with Gasteiger partial charge < -0.3 is 29.6 Å². The minimum absolute atomic E-state index is 0.0103. The summed E-state index contributed by atoms with van der Waals surface area (Å²) in [5.74, 6) is 0.514. The number of nitrogens with zero attached hydrogens (tertiary/aromatic N) is 2. The standard InChI is InChI=1S/C26H31N3O6/c1-4-33-20-11-16(5-6-19(20)34-15-22(31)29-7-9-32-10-8-29)23-17(14-27)25(28)35-21-13-26(2,3)12-18(30)24(21)23/h5-6,11,23H,4,7-10,12-13,15,28H2,1-3H3. The van der Waals surface area contributed by atoms with Crippen LogP contribution in [-0.4, -0.2) is 56.1 Å². The van der Waals surface area contributed by atoms with Crippen molar-refractivity contribution in [2.24, 2.45) is 11.1 Å². The summed E-state index contributed by atoms with van der Waals surface area (Å²) in [7, 11) is 0. The molecule has 1 aromatic rings. The zero-order chi connectivity index (χ0) is 25.2. The van der Waals surface area contributed by atoms with Crippen molar-refractivity contribution in [1.29, 1.82) is 5.26 Å². The Labute approximate surface area is 205 Å². The highest BCUT2D eigenvalue weighted by molar-refractivity contribution is 6.00. The number of carbonyl (C=O) groups excluding carboxylic acids is 2. The first-order chi connectivity index (χ1) is 16.7. The van der Waals surface area contributed by atoms with Crippen LogP contribution in [0.1, 0.15) is 45.1 Å². The Bertz CT molecular complexity index is 1120. The molecule has 9 heteroatoms. The van der Waals surface area contributed by atoms with Crippen molar-refractivity contribution >= 4 is 11.7 Å². The molecule has 1 amide bonds. The van der Waals surface area contributed by atoms with Crippen molar-refractivity contribution in [3.63, 3.8) is 0 Å². The summed E-state index contributed by atoms with van der Waals surface area (Å²) in [6.07, 6.45) is 0.903. The second-order valence-corrected chi connectivity index (χ2v) is 9.62. The zero-order valence-electron chi connectivity index (χ0n) is 20.4. The Kier molecular flexibility index (Phi) is 7.03. The summed E-state index contributed by atoms with van der Waals surface area (Å²) in [4.78, 5) is 27.4. The number of carbonyl (C=O) groups is 2. The number of ether oxygens (including phenoxy) is 4. The van der Waals surface area contributed by atoms with E-state index in [1.165, 1.54) is 0 Å². The molecule has 1 aliphatic carbocycles. The number of Topliss-reactive ketones (excluding diaryl/α,β-unsaturated/α-hetero) is 1. The zero-order valence-corrected chi connectivity index (χ0v) is 20.4. The van der Waals surface area contributed by atoms with E-state index in [1.54, 1.807) is 23.1 Å². The van der Waals surface area contributed by atoms with Crippen LogP contribution in [0.5, 0.6) is 11.5 Å². The lowest BCUT2D eigenvalue weighted by Crippen LogP contribution is -2.43. The molecule has 1 aromatic carbocycles. The Morgan fingerprint density at radius 3 is 2.66 bits per heavy atom. The van der Waals surface area contributed by atoms with Gasteiger partial charge in [-0.25, -0.2) is 0 Å². The second kappa shape index (κ2) is 10.0. The van der Waals surface area contributed by atoms with Crippen LogP contribution >= 0.6 is 0 Å². The van der Waals surface area contributed by atoms with Crippen LogP contribution in [0, 0.1) is 16.7 Å². The van der Waals surface area contributed by atoms with E-state index in [0.717, 1.165) is 0 Å². The van der Waals surface area contributed by atoms with E-state index >= 15 is 0 Å². The summed E-state index contributed by atoms with van der Waals surface area (Å²) in [5, 5.41) is 9.86. The molecule has 0 saturated carbocycles. The van der Waals surface area contributed by atoms with Gasteiger partial charge in [-0.3, -0.25) is 9.59 Å². The van der Waals surface area contributed by atoms with Gasteiger partial charge in [-0.15, -0.1) is 0 Å². The lowest BCUT2D eigenvalue weighted by Gasteiger charge is -2.37. The first-order valence-electron chi connectivity index (χ1n) is 11.8. The van der Waals surface area contributed by atoms with Crippen molar-refractivity contribution < 1.29 is 28.5 Å². The van der Waals surface area contributed by atoms with E-state index in [1.807, 2.05) is 20.8 Å². The molecule has 1 saturated heterocycles. The van der Waals surface area contributed by atoms with E-state index in [-0.39, 0.29) is 35.2 Å². The molecule has 1 fully saturated rings. The first-order valence-corrected chi connectivity index (χ1v) is 11.8. The van der Waals surface area contributed by atoms with Crippen molar-refractivity contribution in [2.45, 2.75) is 39.5 Å². The third-order valence-corrected chi connectivity index (χ3v) is 6.39. The van der Waals surface area contributed by atoms with E-state index in [0.29, 0.717) is 74.1 Å². The Morgan fingerprint density at radius 2 is 1.97 bits per heavy atom. The molecule has 35 heavy (non-hydrogen) atoms. The van der Waals surface area contributed by atoms with Crippen LogP contribution < -0.4 is 15.2 Å². The van der Waals surface area contributed by atoms with Crippen LogP contribution in [0.15, 0.2) is 41.0 Å². The molecule has 3 aliphatic rings. The summed E-state index contributed by atoms with van der Waals surface area (Å²) in [6.45, 7) is 8.20. The fourth-order valence-corrected chi connectivity index (χ4v) is 4.75. The molecule has 4 rings (SSSR count). The summed E-state index contributed by atoms with van der Waals surface area (Å²) < 4.78 is 22.7. The van der Waals surface area contributed by atoms with E-state index in [4.69, 9.17) is 24.7 Å². The Hall–Kier alpha value is -3.51. The Morgan fingerprint density at radius 1 is 1.23 bits per heavy atom. The fraction of sp³-hybridized carbons (Fsp3) is 0.500. The van der Waals surface area contributed by atoms with Crippen LogP contribution in [0.2, 0.25) is 0 Å². The van der Waals surface area contributed by atoms with Crippen LogP contribution in [0.3, 0.4) is 0 Å². The number of hydrogen-bond acceptors (Lipinski definition) is 8. The minimum atomic E-state index is -0.657. The van der Waals surface area contributed by atoms with E-state index in [9.17, 15) is 14.9 Å². The lowest BCUT2D eigenvalue weighted by molar-refractivity contribution is -0.137. The largest absolute Gasteiger partial charge is 0.490 e. The monoisotopic (exact) mass is 481 g/mol. The van der Waals surface area contributed by atoms with Gasteiger partial charge in [0.15, 0.2) is 23.9 Å². The van der Waals surface area contributed by atoms with Gasteiger partial charge in [0, 0.05) is 31.5 Å². The van der Waals surface area contributed by atoms with Crippen molar-refractivity contribution in [1.82, 2.24) is 4.90 Å². The number of benzene rings is 1. The average molecular weight is 482 g/mol. The number of amides is 1. The first kappa shape index (κ1) is 24.6. The van der Waals surface area contributed by atoms with Gasteiger partial charge >= 0.3 is 0 Å². The molecule has 0 aromatic heterocycles. The SMILES string of the molecule is CCOc1cc(C2C(C#N)=C(N)OC3=C2C(=O)CC(C)(C)C3)ccc1OCC(=O)N1CCOCC1. The molecule has 0 radical (unpaired) electrons. The third kappa shape index (κ3) is 5.13. The molecule has 0 spiro atoms. The van der Waals surface area contributed by atoms with Crippen LogP contribution in [0.4, 0.5) is 0 Å². The van der Waals surface area contributed by atoms with E-state index in [2.05, 4.69) is 6.07 Å². The van der Waals surface area contributed by atoms with Crippen LogP contribution in [-0.2, 0) is 19.1 Å². The van der Waals surface area contributed by atoms with Gasteiger partial charge in [-0.2, -0.15) is 5.26 Å². The molecule has 0 bridgehead atoms. The highest BCUT2D eigenvalue weighted by Crippen LogP contribution is 2.48. The molecule has 186 valence electrons. The maximum atomic E-state index is 13.2. The van der Waals surface area contributed by atoms with Crippen LogP contribution in [0.25, 0.3) is 0 Å². The van der Waals surface area contributed by atoms with Gasteiger partial charge in [0.05, 0.1) is 25.7 Å². The number of rotatable bonds is 6. The van der Waals surface area contributed by atoms with Crippen molar-refractivity contribution in [3.05, 3.63) is 46.6 Å². The Balaban J connectivity index is 1.65. The molecular formula is C26H31N3O6. The minimum Gasteiger partial charge on any atom is -0.490 e. The third-order valence-electron chi connectivity index (χ3n) is 6.39. The quantitative estimate of drug-likeness (QED) is 0.658. The normalized spacial score (nSPS) is 21.7. The van der Waals surface area contributed by atoms with E-state index < -0.39 is 5.92 Å². The lowest BCUT2D eigenvalue weighted by atomic mass is 9.70. The van der Waals surface area contributed by atoms with Crippen molar-refractivity contribution in [2.75, 3.05) is 39.5 Å². The predicted molar refractivity (Wildman–Crippen MR) is 126 cm³/mol. The van der Waals surface area contributed by atoms with Gasteiger partial charge in [-0.1, -0.05) is 19.9 Å². The predicted octanol–water partition coefficient (Wildman–Crippen LogP) is 2.77. The summed E-state index contributed by atoms with van der Waals surface area (Å²) in [5.41, 5.74) is 7.19. The molecule has 2 heterocycles. The fourth-order valence-electron chi connectivity index (χ4n) is 4.75. The number of nitriles is 1. The number of morpholine rings is 1. The van der Waals surface area contributed by atoms with Gasteiger partial charge in [0.1, 0.15) is 17.4 Å². The molecule has 2 N–H and O–H groups in total. The average Bonchev–Trinajstić information content (AvgIpc) is 2.82. The maximum Gasteiger partial charge on any atom is 0.260 e.